The van der Waals surface area contributed by atoms with Crippen LogP contribution in [0, 0.1) is 33.5 Å². The normalized spacial score (nSPS) is 12.5. The molecule has 1 N–H and O–H groups in total. The maximum absolute atomic E-state index is 14.4. The van der Waals surface area contributed by atoms with Gasteiger partial charge in [0, 0.05) is 5.56 Å². The molecule has 0 spiro atoms. The van der Waals surface area contributed by atoms with Crippen LogP contribution in [0.2, 0.25) is 0 Å². The first kappa shape index (κ1) is 14.7. The van der Waals surface area contributed by atoms with Crippen LogP contribution >= 0.6 is 0 Å². The molecule has 0 radical (unpaired) electrons. The van der Waals surface area contributed by atoms with Crippen molar-refractivity contribution in [3.8, 4) is 0 Å². The molecule has 1 atom stereocenters. The first-order valence-electron chi connectivity index (χ1n) is 6.95. The molecule has 0 aromatic heterocycles. The van der Waals surface area contributed by atoms with Gasteiger partial charge in [-0.25, -0.2) is 4.39 Å². The van der Waals surface area contributed by atoms with Gasteiger partial charge in [-0.15, -0.1) is 0 Å². The van der Waals surface area contributed by atoms with E-state index in [1.54, 1.807) is 6.07 Å². The molecule has 0 saturated heterocycles. The molecular weight excluding hydrogens is 249 g/mol. The number of nitrogens with one attached hydrogen (secondary N) is 1. The summed E-state index contributed by atoms with van der Waals surface area (Å²) in [6.45, 7) is 8.07. The molecule has 0 aliphatic heterocycles. The van der Waals surface area contributed by atoms with Crippen molar-refractivity contribution < 1.29 is 4.39 Å². The molecule has 1 nitrogen and oxygen atoms in total. The highest BCUT2D eigenvalue weighted by molar-refractivity contribution is 5.42. The molecule has 2 rings (SSSR count). The van der Waals surface area contributed by atoms with Gasteiger partial charge in [-0.2, -0.15) is 0 Å². The smallest absolute Gasteiger partial charge is 0.128 e. The molecule has 0 aliphatic carbocycles. The highest BCUT2D eigenvalue weighted by Gasteiger charge is 2.19. The summed E-state index contributed by atoms with van der Waals surface area (Å²) in [4.78, 5) is 0. The molecule has 2 aromatic rings. The van der Waals surface area contributed by atoms with Crippen LogP contribution in [-0.4, -0.2) is 7.05 Å². The van der Waals surface area contributed by atoms with Gasteiger partial charge in [0.1, 0.15) is 5.82 Å². The molecule has 0 aliphatic rings. The second-order valence-electron chi connectivity index (χ2n) is 5.54. The van der Waals surface area contributed by atoms with E-state index in [2.05, 4.69) is 37.4 Å². The zero-order valence-corrected chi connectivity index (χ0v) is 12.8. The molecule has 0 amide bonds. The van der Waals surface area contributed by atoms with E-state index in [4.69, 9.17) is 0 Å². The number of rotatable bonds is 3. The minimum absolute atomic E-state index is 0.116. The Labute approximate surface area is 120 Å². The van der Waals surface area contributed by atoms with Crippen molar-refractivity contribution in [2.24, 2.45) is 0 Å². The third kappa shape index (κ3) is 2.75. The van der Waals surface area contributed by atoms with Gasteiger partial charge in [-0.05, 0) is 68.6 Å². The lowest BCUT2D eigenvalue weighted by Crippen LogP contribution is -2.20. The van der Waals surface area contributed by atoms with Gasteiger partial charge in [-0.1, -0.05) is 24.3 Å². The van der Waals surface area contributed by atoms with Crippen LogP contribution in [0.5, 0.6) is 0 Å². The summed E-state index contributed by atoms with van der Waals surface area (Å²) < 4.78 is 14.4. The number of benzene rings is 2. The fraction of sp³-hybridized carbons (Fsp3) is 0.333. The maximum atomic E-state index is 14.4. The second-order valence-corrected chi connectivity index (χ2v) is 5.54. The monoisotopic (exact) mass is 271 g/mol. The van der Waals surface area contributed by atoms with E-state index >= 15 is 0 Å². The number of hydrogen-bond acceptors (Lipinski definition) is 1. The summed E-state index contributed by atoms with van der Waals surface area (Å²) in [5.74, 6) is -0.139. The Bertz CT molecular complexity index is 608. The largest absolute Gasteiger partial charge is 0.309 e. The van der Waals surface area contributed by atoms with Gasteiger partial charge in [0.15, 0.2) is 0 Å². The van der Waals surface area contributed by atoms with E-state index < -0.39 is 0 Å². The minimum Gasteiger partial charge on any atom is -0.309 e. The van der Waals surface area contributed by atoms with Crippen LogP contribution in [-0.2, 0) is 0 Å². The van der Waals surface area contributed by atoms with Gasteiger partial charge in [0.2, 0.25) is 0 Å². The zero-order valence-electron chi connectivity index (χ0n) is 12.8. The second kappa shape index (κ2) is 5.76. The molecule has 20 heavy (non-hydrogen) atoms. The van der Waals surface area contributed by atoms with Crippen molar-refractivity contribution in [2.75, 3.05) is 7.05 Å². The molecule has 1 unspecified atom stereocenters. The van der Waals surface area contributed by atoms with Crippen molar-refractivity contribution >= 4 is 0 Å². The summed E-state index contributed by atoms with van der Waals surface area (Å²) in [5, 5.41) is 3.24. The van der Waals surface area contributed by atoms with Crippen LogP contribution in [0.3, 0.4) is 0 Å². The van der Waals surface area contributed by atoms with Crippen LogP contribution in [0.1, 0.15) is 39.4 Å². The molecule has 0 heterocycles. The fourth-order valence-corrected chi connectivity index (χ4v) is 2.71. The van der Waals surface area contributed by atoms with Gasteiger partial charge < -0.3 is 5.32 Å². The molecule has 2 aromatic carbocycles. The van der Waals surface area contributed by atoms with Crippen LogP contribution in [0.4, 0.5) is 4.39 Å². The van der Waals surface area contributed by atoms with E-state index in [0.717, 1.165) is 22.3 Å². The SMILES string of the molecule is CNC(c1ccc(C)c(C)c1)c1c(C)cc(C)cc1F. The third-order valence-corrected chi connectivity index (χ3v) is 3.92. The molecular formula is C18H22FN. The summed E-state index contributed by atoms with van der Waals surface area (Å²) in [5.41, 5.74) is 6.26. The zero-order chi connectivity index (χ0) is 14.9. The quantitative estimate of drug-likeness (QED) is 0.874. The molecule has 0 fully saturated rings. The average molecular weight is 271 g/mol. The third-order valence-electron chi connectivity index (χ3n) is 3.92. The van der Waals surface area contributed by atoms with Crippen LogP contribution in [0.25, 0.3) is 0 Å². The Morgan fingerprint density at radius 2 is 1.60 bits per heavy atom. The van der Waals surface area contributed by atoms with E-state index in [0.29, 0.717) is 0 Å². The summed E-state index contributed by atoms with van der Waals surface area (Å²) in [6, 6.07) is 9.82. The number of halogens is 1. The Balaban J connectivity index is 2.55. The van der Waals surface area contributed by atoms with Crippen molar-refractivity contribution in [1.29, 1.82) is 0 Å². The topological polar surface area (TPSA) is 12.0 Å². The van der Waals surface area contributed by atoms with E-state index in [9.17, 15) is 4.39 Å². The molecule has 0 bridgehead atoms. The van der Waals surface area contributed by atoms with Crippen LogP contribution in [0.15, 0.2) is 30.3 Å². The standard InChI is InChI=1S/C18H22FN/c1-11-8-14(4)17(16(19)9-11)18(20-5)15-7-6-12(2)13(3)10-15/h6-10,18,20H,1-5H3. The van der Waals surface area contributed by atoms with Crippen molar-refractivity contribution in [3.63, 3.8) is 0 Å². The van der Waals surface area contributed by atoms with Crippen molar-refractivity contribution in [3.05, 3.63) is 69.5 Å². The highest BCUT2D eigenvalue weighted by atomic mass is 19.1. The van der Waals surface area contributed by atoms with E-state index in [-0.39, 0.29) is 11.9 Å². The minimum atomic E-state index is -0.139. The predicted octanol–water partition coefficient (Wildman–Crippen LogP) is 4.37. The lowest BCUT2D eigenvalue weighted by molar-refractivity contribution is 0.572. The Morgan fingerprint density at radius 1 is 0.900 bits per heavy atom. The fourth-order valence-electron chi connectivity index (χ4n) is 2.71. The Kier molecular flexibility index (Phi) is 4.24. The predicted molar refractivity (Wildman–Crippen MR) is 82.7 cm³/mol. The van der Waals surface area contributed by atoms with E-state index in [1.165, 1.54) is 11.1 Å². The Morgan fingerprint density at radius 3 is 2.15 bits per heavy atom. The maximum Gasteiger partial charge on any atom is 0.128 e. The number of hydrogen-bond donors (Lipinski definition) is 1. The van der Waals surface area contributed by atoms with Gasteiger partial charge >= 0.3 is 0 Å². The Hall–Kier alpha value is -1.67. The highest BCUT2D eigenvalue weighted by Crippen LogP contribution is 2.29. The molecule has 106 valence electrons. The summed E-state index contributed by atoms with van der Waals surface area (Å²) in [6.07, 6.45) is 0. The lowest BCUT2D eigenvalue weighted by atomic mass is 9.91. The van der Waals surface area contributed by atoms with Gasteiger partial charge in [0.25, 0.3) is 0 Å². The van der Waals surface area contributed by atoms with Crippen molar-refractivity contribution in [2.45, 2.75) is 33.7 Å². The summed E-state index contributed by atoms with van der Waals surface area (Å²) in [7, 11) is 1.87. The average Bonchev–Trinajstić information content (AvgIpc) is 2.37. The lowest BCUT2D eigenvalue weighted by Gasteiger charge is -2.21. The summed E-state index contributed by atoms with van der Waals surface area (Å²) >= 11 is 0. The number of aryl methyl sites for hydroxylation is 4. The van der Waals surface area contributed by atoms with Gasteiger partial charge in [-0.3, -0.25) is 0 Å². The van der Waals surface area contributed by atoms with Crippen molar-refractivity contribution in [1.82, 2.24) is 5.32 Å². The first-order valence-corrected chi connectivity index (χ1v) is 6.95. The first-order chi connectivity index (χ1) is 9.43. The van der Waals surface area contributed by atoms with Gasteiger partial charge in [0.05, 0.1) is 6.04 Å². The molecule has 0 saturated carbocycles. The molecule has 2 heteroatoms. The van der Waals surface area contributed by atoms with Crippen LogP contribution < -0.4 is 5.32 Å². The van der Waals surface area contributed by atoms with E-state index in [1.807, 2.05) is 27.0 Å².